The molecule has 0 atom stereocenters. The molecule has 0 unspecified atom stereocenters. The molecule has 1 fully saturated rings. The van der Waals surface area contributed by atoms with Gasteiger partial charge < -0.3 is 10.0 Å². The van der Waals surface area contributed by atoms with Gasteiger partial charge in [0.25, 0.3) is 0 Å². The molecule has 1 heterocycles. The number of nitrogens with zero attached hydrogens (tertiary/aromatic N) is 1. The smallest absolute Gasteiger partial charge is 0.407 e. The van der Waals surface area contributed by atoms with Crippen LogP contribution in [0.5, 0.6) is 0 Å². The van der Waals surface area contributed by atoms with Crippen LogP contribution in [-0.2, 0) is 4.79 Å². The van der Waals surface area contributed by atoms with Gasteiger partial charge >= 0.3 is 6.09 Å². The second-order valence-corrected chi connectivity index (χ2v) is 2.66. The Morgan fingerprint density at radius 2 is 2.09 bits per heavy atom. The maximum absolute atomic E-state index is 10.8. The van der Waals surface area contributed by atoms with Crippen LogP contribution in [0, 0.1) is 0 Å². The molecular weight excluding hydrogens is 146 g/mol. The number of carbonyl (C=O) groups is 2. The minimum Gasteiger partial charge on any atom is -0.465 e. The number of hydrogen-bond donors (Lipinski definition) is 1. The lowest BCUT2D eigenvalue weighted by atomic mass is 10.2. The molecule has 1 amide bonds. The molecule has 62 valence electrons. The van der Waals surface area contributed by atoms with E-state index in [2.05, 4.69) is 0 Å². The molecule has 4 nitrogen and oxygen atoms in total. The average Bonchev–Trinajstić information content (AvgIpc) is 2.13. The molecule has 11 heavy (non-hydrogen) atoms. The Labute approximate surface area is 64.8 Å². The van der Waals surface area contributed by atoms with E-state index in [0.29, 0.717) is 32.4 Å². The van der Waals surface area contributed by atoms with E-state index in [1.807, 2.05) is 0 Å². The summed E-state index contributed by atoms with van der Waals surface area (Å²) in [6, 6.07) is 0. The Hall–Kier alpha value is -1.06. The van der Waals surface area contributed by atoms with Crippen LogP contribution in [0.2, 0.25) is 0 Å². The quantitative estimate of drug-likeness (QED) is 0.563. The van der Waals surface area contributed by atoms with Crippen LogP contribution in [0.4, 0.5) is 4.79 Å². The maximum Gasteiger partial charge on any atom is 0.407 e. The zero-order chi connectivity index (χ0) is 8.27. The molecule has 4 heteroatoms. The van der Waals surface area contributed by atoms with E-state index in [1.54, 1.807) is 0 Å². The fraction of sp³-hybridized carbons (Fsp3) is 0.714. The van der Waals surface area contributed by atoms with Gasteiger partial charge in [-0.2, -0.15) is 0 Å². The van der Waals surface area contributed by atoms with Gasteiger partial charge in [0.2, 0.25) is 0 Å². The van der Waals surface area contributed by atoms with Crippen molar-refractivity contribution in [1.82, 2.24) is 4.90 Å². The van der Waals surface area contributed by atoms with Crippen LogP contribution in [0.15, 0.2) is 0 Å². The summed E-state index contributed by atoms with van der Waals surface area (Å²) in [6.07, 6.45) is 0.668. The van der Waals surface area contributed by atoms with E-state index < -0.39 is 6.09 Å². The van der Waals surface area contributed by atoms with Gasteiger partial charge in [-0.05, 0) is 6.42 Å². The van der Waals surface area contributed by atoms with Gasteiger partial charge in [-0.15, -0.1) is 0 Å². The number of carboxylic acid groups (broad SMARTS) is 1. The van der Waals surface area contributed by atoms with Gasteiger partial charge in [0.05, 0.1) is 0 Å². The van der Waals surface area contributed by atoms with Crippen LogP contribution in [-0.4, -0.2) is 35.0 Å². The molecule has 0 aromatic carbocycles. The first-order chi connectivity index (χ1) is 5.20. The first-order valence-electron chi connectivity index (χ1n) is 3.70. The number of carbonyl (C=O) groups excluding carboxylic acids is 1. The van der Waals surface area contributed by atoms with Crippen molar-refractivity contribution in [1.29, 1.82) is 0 Å². The number of hydrogen-bond acceptors (Lipinski definition) is 2. The molecule has 1 rings (SSSR count). The molecular formula is C7H11NO3. The molecule has 0 aromatic heterocycles. The minimum atomic E-state index is -0.917. The Bertz CT molecular complexity index is 179. The molecule has 0 aromatic rings. The summed E-state index contributed by atoms with van der Waals surface area (Å²) in [4.78, 5) is 22.6. The van der Waals surface area contributed by atoms with Crippen molar-refractivity contribution in [2.45, 2.75) is 19.3 Å². The number of Topliss-reactive ketones (excluding diaryl/α,β-unsaturated/α-hetero) is 1. The van der Waals surface area contributed by atoms with Crippen molar-refractivity contribution in [3.8, 4) is 0 Å². The second kappa shape index (κ2) is 3.37. The lowest BCUT2D eigenvalue weighted by Crippen LogP contribution is -2.30. The second-order valence-electron chi connectivity index (χ2n) is 2.66. The van der Waals surface area contributed by atoms with Crippen LogP contribution in [0.25, 0.3) is 0 Å². The largest absolute Gasteiger partial charge is 0.465 e. The zero-order valence-electron chi connectivity index (χ0n) is 6.25. The summed E-state index contributed by atoms with van der Waals surface area (Å²) in [6.45, 7) is 0.870. The Morgan fingerprint density at radius 3 is 2.73 bits per heavy atom. The molecule has 1 saturated heterocycles. The summed E-state index contributed by atoms with van der Waals surface area (Å²) < 4.78 is 0. The van der Waals surface area contributed by atoms with Crippen LogP contribution in [0.3, 0.4) is 0 Å². The highest BCUT2D eigenvalue weighted by Crippen LogP contribution is 2.06. The molecule has 0 spiro atoms. The number of likely N-dealkylation sites (tertiary alicyclic amines) is 1. The van der Waals surface area contributed by atoms with E-state index in [1.165, 1.54) is 4.90 Å². The fourth-order valence-corrected chi connectivity index (χ4v) is 1.15. The van der Waals surface area contributed by atoms with E-state index in [9.17, 15) is 9.59 Å². The molecule has 1 aliphatic heterocycles. The van der Waals surface area contributed by atoms with Gasteiger partial charge in [0, 0.05) is 25.9 Å². The molecule has 1 aliphatic rings. The van der Waals surface area contributed by atoms with Crippen molar-refractivity contribution in [3.05, 3.63) is 0 Å². The topological polar surface area (TPSA) is 57.6 Å². The SMILES string of the molecule is O=C1CCCN(C(=O)O)CC1. The summed E-state index contributed by atoms with van der Waals surface area (Å²) in [7, 11) is 0. The average molecular weight is 157 g/mol. The molecule has 1 N–H and O–H groups in total. The Kier molecular flexibility index (Phi) is 2.46. The van der Waals surface area contributed by atoms with Crippen molar-refractivity contribution >= 4 is 11.9 Å². The highest BCUT2D eigenvalue weighted by molar-refractivity contribution is 5.79. The maximum atomic E-state index is 10.8. The van der Waals surface area contributed by atoms with Crippen molar-refractivity contribution in [2.24, 2.45) is 0 Å². The normalized spacial score (nSPS) is 19.6. The predicted molar refractivity (Wildman–Crippen MR) is 38.5 cm³/mol. The highest BCUT2D eigenvalue weighted by Gasteiger charge is 2.16. The number of rotatable bonds is 0. The third-order valence-corrected chi connectivity index (χ3v) is 1.81. The first kappa shape index (κ1) is 8.04. The van der Waals surface area contributed by atoms with Gasteiger partial charge in [0.1, 0.15) is 5.78 Å². The summed E-state index contributed by atoms with van der Waals surface area (Å²) in [5.74, 6) is 0.175. The van der Waals surface area contributed by atoms with E-state index in [0.717, 1.165) is 0 Å². The van der Waals surface area contributed by atoms with Gasteiger partial charge in [-0.25, -0.2) is 4.79 Å². The molecule has 0 saturated carbocycles. The van der Waals surface area contributed by atoms with Gasteiger partial charge in [-0.3, -0.25) is 4.79 Å². The monoisotopic (exact) mass is 157 g/mol. The van der Waals surface area contributed by atoms with Crippen LogP contribution >= 0.6 is 0 Å². The van der Waals surface area contributed by atoms with E-state index >= 15 is 0 Å². The fourth-order valence-electron chi connectivity index (χ4n) is 1.15. The third-order valence-electron chi connectivity index (χ3n) is 1.81. The molecule has 0 aliphatic carbocycles. The summed E-state index contributed by atoms with van der Waals surface area (Å²) in [5.41, 5.74) is 0. The predicted octanol–water partition coefficient (Wildman–Crippen LogP) is 0.719. The van der Waals surface area contributed by atoms with E-state index in [4.69, 9.17) is 5.11 Å². The minimum absolute atomic E-state index is 0.175. The van der Waals surface area contributed by atoms with Crippen molar-refractivity contribution < 1.29 is 14.7 Å². The Balaban J connectivity index is 2.46. The van der Waals surface area contributed by atoms with Crippen molar-refractivity contribution in [2.75, 3.05) is 13.1 Å². The molecule has 0 radical (unpaired) electrons. The van der Waals surface area contributed by atoms with E-state index in [-0.39, 0.29) is 5.78 Å². The molecule has 0 bridgehead atoms. The lowest BCUT2D eigenvalue weighted by molar-refractivity contribution is -0.118. The third kappa shape index (κ3) is 2.22. The van der Waals surface area contributed by atoms with Gasteiger partial charge in [0.15, 0.2) is 0 Å². The number of amides is 1. The zero-order valence-corrected chi connectivity index (χ0v) is 6.25. The lowest BCUT2D eigenvalue weighted by Gasteiger charge is -2.14. The highest BCUT2D eigenvalue weighted by atomic mass is 16.4. The number of ketones is 1. The van der Waals surface area contributed by atoms with Crippen LogP contribution < -0.4 is 0 Å². The van der Waals surface area contributed by atoms with Crippen LogP contribution in [0.1, 0.15) is 19.3 Å². The van der Waals surface area contributed by atoms with Crippen molar-refractivity contribution in [3.63, 3.8) is 0 Å². The summed E-state index contributed by atoms with van der Waals surface area (Å²) >= 11 is 0. The first-order valence-corrected chi connectivity index (χ1v) is 3.70. The standard InChI is InChI=1S/C7H11NO3/c9-6-2-1-4-8(5-3-6)7(10)11/h1-5H2,(H,10,11). The Morgan fingerprint density at radius 1 is 1.36 bits per heavy atom. The van der Waals surface area contributed by atoms with Gasteiger partial charge in [-0.1, -0.05) is 0 Å². The summed E-state index contributed by atoms with van der Waals surface area (Å²) in [5, 5.41) is 8.56.